The fraction of sp³-hybridized carbons (Fsp3) is 0.353. The van der Waals surface area contributed by atoms with Gasteiger partial charge in [0, 0.05) is 30.2 Å². The number of carbonyl (C=O) groups is 2. The van der Waals surface area contributed by atoms with E-state index >= 15 is 0 Å². The Balaban J connectivity index is 1.70. The van der Waals surface area contributed by atoms with E-state index in [-0.39, 0.29) is 30.3 Å². The molecule has 0 aliphatic carbocycles. The second-order valence-electron chi connectivity index (χ2n) is 6.01. The van der Waals surface area contributed by atoms with E-state index in [2.05, 4.69) is 29.5 Å². The Morgan fingerprint density at radius 3 is 2.92 bits per heavy atom. The number of anilines is 2. The lowest BCUT2D eigenvalue weighted by Crippen LogP contribution is -2.52. The number of para-hydroxylation sites is 1. The van der Waals surface area contributed by atoms with Gasteiger partial charge in [0.2, 0.25) is 5.91 Å². The molecule has 2 aromatic rings. The fourth-order valence-electron chi connectivity index (χ4n) is 2.77. The molecule has 1 aromatic carbocycles. The molecule has 3 rings (SSSR count). The molecule has 0 saturated carbocycles. The minimum absolute atomic E-state index is 0.0369. The minimum Gasteiger partial charge on any atom is -0.364 e. The molecule has 1 atom stereocenters. The van der Waals surface area contributed by atoms with Crippen LogP contribution in [0.2, 0.25) is 0 Å². The second kappa shape index (κ2) is 7.00. The predicted octanol–water partition coefficient (Wildman–Crippen LogP) is 3.02. The normalized spacial score (nSPS) is 16.7. The summed E-state index contributed by atoms with van der Waals surface area (Å²) < 4.78 is 0. The molecule has 2 heterocycles. The number of amides is 2. The first-order valence-corrected chi connectivity index (χ1v) is 8.80. The van der Waals surface area contributed by atoms with Crippen LogP contribution < -0.4 is 10.6 Å². The van der Waals surface area contributed by atoms with Gasteiger partial charge in [0.1, 0.15) is 6.17 Å². The third kappa shape index (κ3) is 3.41. The van der Waals surface area contributed by atoms with Crippen molar-refractivity contribution in [1.82, 2.24) is 9.88 Å². The topological polar surface area (TPSA) is 74.3 Å². The van der Waals surface area contributed by atoms with Crippen LogP contribution in [0.1, 0.15) is 30.6 Å². The van der Waals surface area contributed by atoms with Crippen molar-refractivity contribution in [2.75, 3.05) is 17.2 Å². The van der Waals surface area contributed by atoms with Gasteiger partial charge in [0.25, 0.3) is 5.91 Å². The highest BCUT2D eigenvalue weighted by atomic mass is 32.1. The van der Waals surface area contributed by atoms with Crippen LogP contribution in [0.15, 0.2) is 35.8 Å². The number of rotatable bonds is 5. The molecule has 0 spiro atoms. The summed E-state index contributed by atoms with van der Waals surface area (Å²) in [5, 5.41) is 8.54. The van der Waals surface area contributed by atoms with Crippen LogP contribution >= 0.6 is 11.3 Å². The maximum atomic E-state index is 12.8. The van der Waals surface area contributed by atoms with Gasteiger partial charge in [-0.05, 0) is 18.1 Å². The SMILES string of the molecule is CC(C)[C@@H]1Nc2ccccc2C(=O)N1CCC(=O)Nc1nccs1. The third-order valence-corrected chi connectivity index (χ3v) is 4.64. The average molecular weight is 344 g/mol. The molecule has 2 N–H and O–H groups in total. The van der Waals surface area contributed by atoms with Gasteiger partial charge in [-0.25, -0.2) is 4.98 Å². The van der Waals surface area contributed by atoms with Crippen molar-refractivity contribution in [2.24, 2.45) is 5.92 Å². The van der Waals surface area contributed by atoms with Crippen molar-refractivity contribution in [2.45, 2.75) is 26.4 Å². The quantitative estimate of drug-likeness (QED) is 0.874. The molecular weight excluding hydrogens is 324 g/mol. The third-order valence-electron chi connectivity index (χ3n) is 3.95. The van der Waals surface area contributed by atoms with E-state index in [0.717, 1.165) is 5.69 Å². The smallest absolute Gasteiger partial charge is 0.257 e. The van der Waals surface area contributed by atoms with Gasteiger partial charge < -0.3 is 15.5 Å². The summed E-state index contributed by atoms with van der Waals surface area (Å²) in [4.78, 5) is 30.7. The van der Waals surface area contributed by atoms with Crippen molar-refractivity contribution in [3.63, 3.8) is 0 Å². The molecule has 1 aliphatic rings. The van der Waals surface area contributed by atoms with Crippen LogP contribution in [-0.2, 0) is 4.79 Å². The largest absolute Gasteiger partial charge is 0.364 e. The van der Waals surface area contributed by atoms with Crippen molar-refractivity contribution in [3.05, 3.63) is 41.4 Å². The molecule has 7 heteroatoms. The molecule has 24 heavy (non-hydrogen) atoms. The Morgan fingerprint density at radius 2 is 2.21 bits per heavy atom. The molecule has 1 aliphatic heterocycles. The van der Waals surface area contributed by atoms with E-state index in [0.29, 0.717) is 17.2 Å². The number of fused-ring (bicyclic) bond motifs is 1. The van der Waals surface area contributed by atoms with Crippen LogP contribution in [0.25, 0.3) is 0 Å². The summed E-state index contributed by atoms with van der Waals surface area (Å²) >= 11 is 1.37. The van der Waals surface area contributed by atoms with Crippen LogP contribution in [0.3, 0.4) is 0 Å². The molecule has 0 saturated heterocycles. The van der Waals surface area contributed by atoms with Crippen LogP contribution in [0.5, 0.6) is 0 Å². The van der Waals surface area contributed by atoms with Gasteiger partial charge in [-0.1, -0.05) is 26.0 Å². The number of nitrogens with one attached hydrogen (secondary N) is 2. The van der Waals surface area contributed by atoms with Gasteiger partial charge in [-0.2, -0.15) is 0 Å². The number of nitrogens with zero attached hydrogens (tertiary/aromatic N) is 2. The Labute approximate surface area is 144 Å². The Bertz CT molecular complexity index is 730. The minimum atomic E-state index is -0.140. The second-order valence-corrected chi connectivity index (χ2v) is 6.91. The number of hydrogen-bond acceptors (Lipinski definition) is 5. The van der Waals surface area contributed by atoms with Gasteiger partial charge >= 0.3 is 0 Å². The lowest BCUT2D eigenvalue weighted by atomic mass is 10.0. The van der Waals surface area contributed by atoms with E-state index in [9.17, 15) is 9.59 Å². The van der Waals surface area contributed by atoms with E-state index < -0.39 is 0 Å². The molecule has 126 valence electrons. The molecule has 0 unspecified atom stereocenters. The lowest BCUT2D eigenvalue weighted by Gasteiger charge is -2.40. The molecular formula is C17H20N4O2S. The Morgan fingerprint density at radius 1 is 1.42 bits per heavy atom. The maximum absolute atomic E-state index is 12.8. The zero-order valence-corrected chi connectivity index (χ0v) is 14.5. The van der Waals surface area contributed by atoms with Crippen molar-refractivity contribution in [3.8, 4) is 0 Å². The summed E-state index contributed by atoms with van der Waals surface area (Å²) in [6, 6.07) is 7.48. The van der Waals surface area contributed by atoms with Gasteiger partial charge in [-0.3, -0.25) is 9.59 Å². The first-order valence-electron chi connectivity index (χ1n) is 7.92. The number of aromatic nitrogens is 1. The van der Waals surface area contributed by atoms with E-state index in [4.69, 9.17) is 0 Å². The zero-order valence-electron chi connectivity index (χ0n) is 13.7. The predicted molar refractivity (Wildman–Crippen MR) is 95.1 cm³/mol. The molecule has 0 radical (unpaired) electrons. The first-order chi connectivity index (χ1) is 11.6. The van der Waals surface area contributed by atoms with Crippen molar-refractivity contribution < 1.29 is 9.59 Å². The number of hydrogen-bond donors (Lipinski definition) is 2. The highest BCUT2D eigenvalue weighted by Crippen LogP contribution is 2.28. The van der Waals surface area contributed by atoms with Gasteiger partial charge in [-0.15, -0.1) is 11.3 Å². The molecule has 0 fully saturated rings. The van der Waals surface area contributed by atoms with Gasteiger partial charge in [0.15, 0.2) is 5.13 Å². The molecule has 6 nitrogen and oxygen atoms in total. The van der Waals surface area contributed by atoms with E-state index in [1.165, 1.54) is 11.3 Å². The monoisotopic (exact) mass is 344 g/mol. The average Bonchev–Trinajstić information content (AvgIpc) is 3.06. The lowest BCUT2D eigenvalue weighted by molar-refractivity contribution is -0.116. The summed E-state index contributed by atoms with van der Waals surface area (Å²) in [6.07, 6.45) is 1.75. The fourth-order valence-corrected chi connectivity index (χ4v) is 3.31. The maximum Gasteiger partial charge on any atom is 0.257 e. The standard InChI is InChI=1S/C17H20N4O2S/c1-11(2)15-19-13-6-4-3-5-12(13)16(23)21(15)9-7-14(22)20-17-18-8-10-24-17/h3-6,8,10-11,15,19H,7,9H2,1-2H3,(H,18,20,22)/t15-/m1/s1. The van der Waals surface area contributed by atoms with Crippen molar-refractivity contribution in [1.29, 1.82) is 0 Å². The molecule has 1 aromatic heterocycles. The van der Waals surface area contributed by atoms with Crippen LogP contribution in [-0.4, -0.2) is 34.4 Å². The first kappa shape index (κ1) is 16.4. The highest BCUT2D eigenvalue weighted by molar-refractivity contribution is 7.13. The van der Waals surface area contributed by atoms with E-state index in [1.807, 2.05) is 24.3 Å². The number of thiazole rings is 1. The number of carbonyl (C=O) groups excluding carboxylic acids is 2. The van der Waals surface area contributed by atoms with Crippen molar-refractivity contribution >= 4 is 34.0 Å². The van der Waals surface area contributed by atoms with E-state index in [1.54, 1.807) is 16.5 Å². The molecule has 2 amide bonds. The summed E-state index contributed by atoms with van der Waals surface area (Å²) in [6.45, 7) is 4.48. The van der Waals surface area contributed by atoms with Crippen LogP contribution in [0.4, 0.5) is 10.8 Å². The summed E-state index contributed by atoms with van der Waals surface area (Å²) in [7, 11) is 0. The van der Waals surface area contributed by atoms with Crippen LogP contribution in [0, 0.1) is 5.92 Å². The highest BCUT2D eigenvalue weighted by Gasteiger charge is 2.33. The zero-order chi connectivity index (χ0) is 17.1. The van der Waals surface area contributed by atoms with Gasteiger partial charge in [0.05, 0.1) is 5.56 Å². The summed E-state index contributed by atoms with van der Waals surface area (Å²) in [5.74, 6) is 0.0496. The molecule has 0 bridgehead atoms. The number of benzene rings is 1. The Hall–Kier alpha value is -2.41. The Kier molecular flexibility index (Phi) is 4.80. The summed E-state index contributed by atoms with van der Waals surface area (Å²) in [5.41, 5.74) is 1.50.